The molecule has 0 amide bonds. The van der Waals surface area contributed by atoms with Crippen LogP contribution in [-0.4, -0.2) is 27.2 Å². The Kier molecular flexibility index (Phi) is 6.60. The molecule has 0 bridgehead atoms. The van der Waals surface area contributed by atoms with Gasteiger partial charge < -0.3 is 5.32 Å². The van der Waals surface area contributed by atoms with E-state index < -0.39 is 15.7 Å². The number of nitro benzene ring substituents is 1. The second-order valence-electron chi connectivity index (χ2n) is 4.35. The fourth-order valence-corrected chi connectivity index (χ4v) is 2.52. The molecule has 5 nitrogen and oxygen atoms in total. The Morgan fingerprint density at radius 2 is 2.16 bits per heavy atom. The van der Waals surface area contributed by atoms with Crippen molar-refractivity contribution in [1.82, 2.24) is 5.32 Å². The van der Waals surface area contributed by atoms with Crippen LogP contribution in [0.15, 0.2) is 22.7 Å². The van der Waals surface area contributed by atoms with Crippen molar-refractivity contribution in [2.45, 2.75) is 25.1 Å². The van der Waals surface area contributed by atoms with Crippen LogP contribution in [0.5, 0.6) is 0 Å². The maximum absolute atomic E-state index is 11.2. The first kappa shape index (κ1) is 16.3. The lowest BCUT2D eigenvalue weighted by atomic mass is 10.2. The number of halogens is 1. The quantitative estimate of drug-likeness (QED) is 0.467. The van der Waals surface area contributed by atoms with Crippen molar-refractivity contribution in [2.75, 3.05) is 12.8 Å². The highest BCUT2D eigenvalue weighted by molar-refractivity contribution is 9.10. The number of nitrogens with zero attached hydrogens (tertiary/aromatic N) is 1. The Hall–Kier alpha value is -0.790. The molecule has 2 atom stereocenters. The minimum atomic E-state index is -0.809. The van der Waals surface area contributed by atoms with Gasteiger partial charge in [-0.25, -0.2) is 0 Å². The summed E-state index contributed by atoms with van der Waals surface area (Å²) < 4.78 is 11.9. The van der Waals surface area contributed by atoms with E-state index in [0.29, 0.717) is 11.0 Å². The van der Waals surface area contributed by atoms with Crippen molar-refractivity contribution in [3.05, 3.63) is 38.3 Å². The van der Waals surface area contributed by atoms with Gasteiger partial charge in [0.15, 0.2) is 0 Å². The van der Waals surface area contributed by atoms with Gasteiger partial charge in [-0.2, -0.15) is 0 Å². The maximum atomic E-state index is 11.2. The molecule has 0 aliphatic carbocycles. The zero-order valence-electron chi connectivity index (χ0n) is 10.9. The third-order valence-electron chi connectivity index (χ3n) is 2.78. The molecule has 0 aliphatic rings. The molecule has 1 N–H and O–H groups in total. The minimum Gasteiger partial charge on any atom is -0.313 e. The molecule has 0 spiro atoms. The first-order valence-electron chi connectivity index (χ1n) is 5.87. The van der Waals surface area contributed by atoms with Crippen molar-refractivity contribution in [3.8, 4) is 0 Å². The summed E-state index contributed by atoms with van der Waals surface area (Å²) in [5.74, 6) is 0. The van der Waals surface area contributed by atoms with Gasteiger partial charge in [-0.15, -0.1) is 0 Å². The van der Waals surface area contributed by atoms with Gasteiger partial charge in [0, 0.05) is 45.5 Å². The van der Waals surface area contributed by atoms with E-state index in [1.165, 1.54) is 6.07 Å². The normalized spacial score (nSPS) is 14.1. The van der Waals surface area contributed by atoms with Gasteiger partial charge in [-0.05, 0) is 24.6 Å². The van der Waals surface area contributed by atoms with Crippen molar-refractivity contribution in [1.29, 1.82) is 0 Å². The van der Waals surface area contributed by atoms with Crippen molar-refractivity contribution < 1.29 is 9.13 Å². The number of nitro groups is 1. The summed E-state index contributed by atoms with van der Waals surface area (Å²) in [5.41, 5.74) is 0.931. The second kappa shape index (κ2) is 7.72. The van der Waals surface area contributed by atoms with E-state index in [1.807, 2.05) is 13.0 Å². The summed E-state index contributed by atoms with van der Waals surface area (Å²) in [6.45, 7) is 3.24. The van der Waals surface area contributed by atoms with E-state index in [9.17, 15) is 14.3 Å². The summed E-state index contributed by atoms with van der Waals surface area (Å²) in [5, 5.41) is 14.1. The smallest absolute Gasteiger partial charge is 0.270 e. The van der Waals surface area contributed by atoms with Crippen LogP contribution in [0.3, 0.4) is 0 Å². The van der Waals surface area contributed by atoms with E-state index in [1.54, 1.807) is 12.3 Å². The summed E-state index contributed by atoms with van der Waals surface area (Å²) >= 11 is 3.26. The van der Waals surface area contributed by atoms with Gasteiger partial charge in [0.1, 0.15) is 0 Å². The molecule has 0 saturated carbocycles. The van der Waals surface area contributed by atoms with Gasteiger partial charge in [0.05, 0.1) is 4.92 Å². The van der Waals surface area contributed by atoms with Gasteiger partial charge >= 0.3 is 0 Å². The van der Waals surface area contributed by atoms with Crippen molar-refractivity contribution in [2.24, 2.45) is 0 Å². The lowest BCUT2D eigenvalue weighted by Crippen LogP contribution is -2.21. The standard InChI is InChI=1S/C12H17BrN2O3S/c1-9(19(2)18)3-4-14-8-10-5-11(13)7-12(6-10)15(16)17/h5-7,9,14H,3-4,8H2,1-2H3. The maximum Gasteiger partial charge on any atom is 0.270 e. The van der Waals surface area contributed by atoms with Gasteiger partial charge in [0.2, 0.25) is 0 Å². The molecule has 2 unspecified atom stereocenters. The van der Waals surface area contributed by atoms with E-state index in [-0.39, 0.29) is 10.9 Å². The second-order valence-corrected chi connectivity index (χ2v) is 7.07. The van der Waals surface area contributed by atoms with Gasteiger partial charge in [-0.3, -0.25) is 14.3 Å². The molecule has 0 aromatic heterocycles. The Morgan fingerprint density at radius 3 is 2.74 bits per heavy atom. The third-order valence-corrected chi connectivity index (χ3v) is 4.60. The predicted octanol–water partition coefficient (Wildman–Crippen LogP) is 2.60. The highest BCUT2D eigenvalue weighted by Gasteiger charge is 2.09. The number of hydrogen-bond donors (Lipinski definition) is 1. The Bertz CT molecular complexity index is 482. The van der Waals surface area contributed by atoms with Crippen LogP contribution in [0.2, 0.25) is 0 Å². The number of nitrogens with one attached hydrogen (secondary N) is 1. The predicted molar refractivity (Wildman–Crippen MR) is 80.6 cm³/mol. The lowest BCUT2D eigenvalue weighted by Gasteiger charge is -2.09. The summed E-state index contributed by atoms with van der Waals surface area (Å²) in [4.78, 5) is 10.3. The average molecular weight is 349 g/mol. The fraction of sp³-hybridized carbons (Fsp3) is 0.500. The largest absolute Gasteiger partial charge is 0.313 e. The number of rotatable bonds is 7. The van der Waals surface area contributed by atoms with Crippen LogP contribution < -0.4 is 5.32 Å². The van der Waals surface area contributed by atoms with Crippen LogP contribution in [0.25, 0.3) is 0 Å². The summed E-state index contributed by atoms with van der Waals surface area (Å²) in [6, 6.07) is 4.88. The molecular weight excluding hydrogens is 332 g/mol. The highest BCUT2D eigenvalue weighted by Crippen LogP contribution is 2.21. The molecule has 0 radical (unpaired) electrons. The van der Waals surface area contributed by atoms with Crippen LogP contribution in [0, 0.1) is 10.1 Å². The van der Waals surface area contributed by atoms with Gasteiger partial charge in [-0.1, -0.05) is 22.9 Å². The number of non-ortho nitro benzene ring substituents is 1. The topological polar surface area (TPSA) is 72.2 Å². The van der Waals surface area contributed by atoms with E-state index in [2.05, 4.69) is 21.2 Å². The fourth-order valence-electron chi connectivity index (χ4n) is 1.54. The molecule has 1 aromatic carbocycles. The SMILES string of the molecule is CC(CCNCc1cc(Br)cc([N+](=O)[O-])c1)S(C)=O. The van der Waals surface area contributed by atoms with E-state index in [4.69, 9.17) is 0 Å². The molecule has 0 heterocycles. The molecule has 0 saturated heterocycles. The molecular formula is C12H17BrN2O3S. The highest BCUT2D eigenvalue weighted by atomic mass is 79.9. The molecule has 106 valence electrons. The van der Waals surface area contributed by atoms with Crippen LogP contribution in [-0.2, 0) is 17.3 Å². The number of benzene rings is 1. The molecule has 1 aromatic rings. The molecule has 0 aliphatic heterocycles. The Labute approximate surface area is 123 Å². The monoisotopic (exact) mass is 348 g/mol. The summed E-state index contributed by atoms with van der Waals surface area (Å²) in [7, 11) is -0.809. The van der Waals surface area contributed by atoms with Crippen LogP contribution >= 0.6 is 15.9 Å². The van der Waals surface area contributed by atoms with E-state index >= 15 is 0 Å². The summed E-state index contributed by atoms with van der Waals surface area (Å²) in [6.07, 6.45) is 2.52. The minimum absolute atomic E-state index is 0.0780. The Balaban J connectivity index is 2.49. The van der Waals surface area contributed by atoms with Gasteiger partial charge in [0.25, 0.3) is 5.69 Å². The molecule has 19 heavy (non-hydrogen) atoms. The first-order valence-corrected chi connectivity index (χ1v) is 8.28. The van der Waals surface area contributed by atoms with Crippen LogP contribution in [0.4, 0.5) is 5.69 Å². The molecule has 0 fully saturated rings. The Morgan fingerprint density at radius 1 is 1.47 bits per heavy atom. The van der Waals surface area contributed by atoms with E-state index in [0.717, 1.165) is 18.5 Å². The third kappa shape index (κ3) is 5.80. The first-order chi connectivity index (χ1) is 8.90. The lowest BCUT2D eigenvalue weighted by molar-refractivity contribution is -0.385. The van der Waals surface area contributed by atoms with Crippen LogP contribution in [0.1, 0.15) is 18.9 Å². The molecule has 7 heteroatoms. The molecule has 1 rings (SSSR count). The van der Waals surface area contributed by atoms with Crippen molar-refractivity contribution in [3.63, 3.8) is 0 Å². The van der Waals surface area contributed by atoms with Crippen molar-refractivity contribution >= 4 is 32.4 Å². The zero-order valence-corrected chi connectivity index (χ0v) is 13.3. The number of hydrogen-bond acceptors (Lipinski definition) is 4. The average Bonchev–Trinajstić information content (AvgIpc) is 2.33. The zero-order chi connectivity index (χ0) is 14.4.